The summed E-state index contributed by atoms with van der Waals surface area (Å²) >= 11 is 0. The molecule has 0 spiro atoms. The molecule has 0 radical (unpaired) electrons. The Bertz CT molecular complexity index is 1510. The molecule has 38 heavy (non-hydrogen) atoms. The second-order valence-corrected chi connectivity index (χ2v) is 10.5. The van der Waals surface area contributed by atoms with E-state index in [-0.39, 0.29) is 11.7 Å². The Morgan fingerprint density at radius 2 is 1.97 bits per heavy atom. The van der Waals surface area contributed by atoms with E-state index < -0.39 is 5.82 Å². The standard InChI is InChI=1S/C29H34FN7O/c1-6-35-9-10-36-22(15-35)16-38-26-13-21(7-8-24(26)36)33-29-31-14-23(30)28(34-29)20-11-18(4)27-25(12-20)37(17(2)3)19(5)32-27/h7-8,11-14,17,22H,6,9-10,15-16H2,1-5H3,(H,31,33,34). The highest BCUT2D eigenvalue weighted by Crippen LogP contribution is 2.38. The largest absolute Gasteiger partial charge is 0.489 e. The van der Waals surface area contributed by atoms with Crippen molar-refractivity contribution in [3.8, 4) is 17.0 Å². The van der Waals surface area contributed by atoms with Crippen molar-refractivity contribution in [2.45, 2.75) is 46.7 Å². The smallest absolute Gasteiger partial charge is 0.227 e. The molecule has 2 aromatic carbocycles. The van der Waals surface area contributed by atoms with Crippen LogP contribution in [0.3, 0.4) is 0 Å². The third kappa shape index (κ3) is 4.24. The summed E-state index contributed by atoms with van der Waals surface area (Å²) in [7, 11) is 0. The van der Waals surface area contributed by atoms with E-state index >= 15 is 4.39 Å². The molecule has 0 bridgehead atoms. The molecule has 2 aromatic heterocycles. The van der Waals surface area contributed by atoms with E-state index in [0.717, 1.165) is 65.7 Å². The van der Waals surface area contributed by atoms with Gasteiger partial charge in [-0.15, -0.1) is 0 Å². The number of fused-ring (bicyclic) bond motifs is 4. The van der Waals surface area contributed by atoms with Crippen LogP contribution in [0.25, 0.3) is 22.3 Å². The average Bonchev–Trinajstić information content (AvgIpc) is 3.25. The van der Waals surface area contributed by atoms with Crippen LogP contribution in [0, 0.1) is 19.7 Å². The number of anilines is 3. The third-order valence-corrected chi connectivity index (χ3v) is 7.67. The molecule has 2 aliphatic rings. The van der Waals surface area contributed by atoms with Crippen LogP contribution in [0.5, 0.6) is 5.75 Å². The first-order valence-electron chi connectivity index (χ1n) is 13.4. The Morgan fingerprint density at radius 1 is 1.13 bits per heavy atom. The number of rotatable bonds is 5. The summed E-state index contributed by atoms with van der Waals surface area (Å²) in [6.07, 6.45) is 1.22. The van der Waals surface area contributed by atoms with Gasteiger partial charge in [-0.25, -0.2) is 19.3 Å². The molecule has 6 rings (SSSR count). The van der Waals surface area contributed by atoms with Gasteiger partial charge in [-0.2, -0.15) is 0 Å². The minimum atomic E-state index is -0.465. The minimum Gasteiger partial charge on any atom is -0.489 e. The third-order valence-electron chi connectivity index (χ3n) is 7.67. The summed E-state index contributed by atoms with van der Waals surface area (Å²) in [5.74, 6) is 1.65. The van der Waals surface area contributed by atoms with Gasteiger partial charge in [0.15, 0.2) is 5.82 Å². The lowest BCUT2D eigenvalue weighted by Gasteiger charge is -2.45. The van der Waals surface area contributed by atoms with Gasteiger partial charge in [-0.1, -0.05) is 6.92 Å². The lowest BCUT2D eigenvalue weighted by molar-refractivity contribution is 0.172. The van der Waals surface area contributed by atoms with Crippen molar-refractivity contribution < 1.29 is 9.13 Å². The van der Waals surface area contributed by atoms with Crippen molar-refractivity contribution >= 4 is 28.4 Å². The Labute approximate surface area is 222 Å². The second-order valence-electron chi connectivity index (χ2n) is 10.5. The molecule has 4 heterocycles. The number of aromatic nitrogens is 4. The zero-order chi connectivity index (χ0) is 26.6. The highest BCUT2D eigenvalue weighted by molar-refractivity contribution is 5.85. The van der Waals surface area contributed by atoms with Crippen LogP contribution < -0.4 is 15.0 Å². The van der Waals surface area contributed by atoms with Gasteiger partial charge in [0, 0.05) is 43.0 Å². The Kier molecular flexibility index (Phi) is 6.18. The summed E-state index contributed by atoms with van der Waals surface area (Å²) in [6, 6.07) is 10.6. The molecule has 1 saturated heterocycles. The van der Waals surface area contributed by atoms with E-state index in [1.54, 1.807) is 0 Å². The number of likely N-dealkylation sites (N-methyl/N-ethyl adjacent to an activating group) is 1. The van der Waals surface area contributed by atoms with Crippen LogP contribution in [0.15, 0.2) is 36.5 Å². The Hall–Kier alpha value is -3.72. The second kappa shape index (κ2) is 9.54. The molecule has 8 nitrogen and oxygen atoms in total. The first-order valence-corrected chi connectivity index (χ1v) is 13.4. The van der Waals surface area contributed by atoms with Gasteiger partial charge in [0.25, 0.3) is 0 Å². The van der Waals surface area contributed by atoms with Crippen LogP contribution in [0.2, 0.25) is 0 Å². The van der Waals surface area contributed by atoms with E-state index in [1.165, 1.54) is 6.20 Å². The van der Waals surface area contributed by atoms with Crippen LogP contribution in [-0.2, 0) is 0 Å². The van der Waals surface area contributed by atoms with Gasteiger partial charge in [-0.3, -0.25) is 4.90 Å². The molecular formula is C29H34FN7O. The number of aryl methyl sites for hydroxylation is 2. The number of hydrogen-bond donors (Lipinski definition) is 1. The molecule has 2 aliphatic heterocycles. The maximum atomic E-state index is 15.0. The minimum absolute atomic E-state index is 0.235. The SMILES string of the molecule is CCN1CCN2c3ccc(Nc4ncc(F)c(-c5cc(C)c6nc(C)n(C(C)C)c6c5)n4)cc3OCC2C1. The molecule has 1 atom stereocenters. The van der Waals surface area contributed by atoms with Gasteiger partial charge >= 0.3 is 0 Å². The van der Waals surface area contributed by atoms with Crippen molar-refractivity contribution in [3.05, 3.63) is 53.7 Å². The summed E-state index contributed by atoms with van der Waals surface area (Å²) in [4.78, 5) is 18.4. The van der Waals surface area contributed by atoms with Crippen LogP contribution >= 0.6 is 0 Å². The normalized spacial score (nSPS) is 17.4. The highest BCUT2D eigenvalue weighted by Gasteiger charge is 2.32. The van der Waals surface area contributed by atoms with Crippen LogP contribution in [0.4, 0.5) is 21.7 Å². The molecule has 4 aromatic rings. The van der Waals surface area contributed by atoms with Gasteiger partial charge in [0.05, 0.1) is 29.0 Å². The van der Waals surface area contributed by atoms with E-state index in [2.05, 4.69) is 56.5 Å². The van der Waals surface area contributed by atoms with Crippen molar-refractivity contribution in [1.29, 1.82) is 0 Å². The summed E-state index contributed by atoms with van der Waals surface area (Å²) in [5, 5.41) is 3.25. The predicted octanol–water partition coefficient (Wildman–Crippen LogP) is 5.48. The molecule has 1 N–H and O–H groups in total. The molecule has 9 heteroatoms. The highest BCUT2D eigenvalue weighted by atomic mass is 19.1. The predicted molar refractivity (Wildman–Crippen MR) is 149 cm³/mol. The maximum absolute atomic E-state index is 15.0. The van der Waals surface area contributed by atoms with Crippen molar-refractivity contribution in [3.63, 3.8) is 0 Å². The quantitative estimate of drug-likeness (QED) is 0.378. The summed E-state index contributed by atoms with van der Waals surface area (Å²) in [6.45, 7) is 15.2. The first kappa shape index (κ1) is 24.6. The van der Waals surface area contributed by atoms with Gasteiger partial charge in [0.2, 0.25) is 5.95 Å². The van der Waals surface area contributed by atoms with E-state index in [1.807, 2.05) is 38.1 Å². The van der Waals surface area contributed by atoms with Gasteiger partial charge in [0.1, 0.15) is 23.9 Å². The first-order chi connectivity index (χ1) is 18.3. The van der Waals surface area contributed by atoms with Crippen LogP contribution in [0.1, 0.15) is 38.2 Å². The molecule has 0 saturated carbocycles. The Balaban J connectivity index is 1.30. The van der Waals surface area contributed by atoms with Crippen molar-refractivity contribution in [1.82, 2.24) is 24.4 Å². The molecular weight excluding hydrogens is 481 g/mol. The number of piperazine rings is 1. The summed E-state index contributed by atoms with van der Waals surface area (Å²) < 4.78 is 23.3. The molecule has 1 fully saturated rings. The molecule has 0 amide bonds. The molecule has 0 aliphatic carbocycles. The number of imidazole rings is 1. The number of ether oxygens (including phenoxy) is 1. The Morgan fingerprint density at radius 3 is 2.76 bits per heavy atom. The van der Waals surface area contributed by atoms with Crippen molar-refractivity contribution in [2.75, 3.05) is 43.0 Å². The fraction of sp³-hybridized carbons (Fsp3) is 0.414. The number of nitrogens with zero attached hydrogens (tertiary/aromatic N) is 6. The zero-order valence-electron chi connectivity index (χ0n) is 22.6. The number of nitrogens with one attached hydrogen (secondary N) is 1. The topological polar surface area (TPSA) is 71.3 Å². The number of hydrogen-bond acceptors (Lipinski definition) is 7. The fourth-order valence-corrected chi connectivity index (χ4v) is 5.82. The van der Waals surface area contributed by atoms with Gasteiger partial charge in [-0.05, 0) is 64.1 Å². The maximum Gasteiger partial charge on any atom is 0.227 e. The van der Waals surface area contributed by atoms with E-state index in [9.17, 15) is 0 Å². The van der Waals surface area contributed by atoms with E-state index in [4.69, 9.17) is 9.72 Å². The van der Waals surface area contributed by atoms with E-state index in [0.29, 0.717) is 24.2 Å². The van der Waals surface area contributed by atoms with Crippen LogP contribution in [-0.4, -0.2) is 63.2 Å². The lowest BCUT2D eigenvalue weighted by atomic mass is 10.1. The molecule has 1 unspecified atom stereocenters. The number of halogens is 1. The van der Waals surface area contributed by atoms with Gasteiger partial charge < -0.3 is 19.5 Å². The lowest BCUT2D eigenvalue weighted by Crippen LogP contribution is -2.57. The zero-order valence-corrected chi connectivity index (χ0v) is 22.6. The van der Waals surface area contributed by atoms with Crippen molar-refractivity contribution in [2.24, 2.45) is 0 Å². The fourth-order valence-electron chi connectivity index (χ4n) is 5.82. The number of benzene rings is 2. The monoisotopic (exact) mass is 515 g/mol. The summed E-state index contributed by atoms with van der Waals surface area (Å²) in [5.41, 5.74) is 5.76. The average molecular weight is 516 g/mol. The molecule has 198 valence electrons.